The summed E-state index contributed by atoms with van der Waals surface area (Å²) in [4.78, 5) is 12.5. The molecule has 0 aromatic heterocycles. The van der Waals surface area contributed by atoms with Crippen molar-refractivity contribution < 1.29 is 9.53 Å². The monoisotopic (exact) mass is 139 g/mol. The van der Waals surface area contributed by atoms with Crippen LogP contribution in [-0.2, 0) is 4.74 Å². The molecule has 3 heteroatoms. The molecule has 54 valence electrons. The first-order valence-corrected chi connectivity index (χ1v) is 3.41. The zero-order valence-corrected chi connectivity index (χ0v) is 6.00. The third-order valence-electron chi connectivity index (χ3n) is 2.02. The second-order valence-corrected chi connectivity index (χ2v) is 2.62. The smallest absolute Gasteiger partial charge is 0.415 e. The third-order valence-corrected chi connectivity index (χ3v) is 2.02. The number of fused-ring (bicyclic) bond motifs is 1. The lowest BCUT2D eigenvalue weighted by Gasteiger charge is -2.01. The second kappa shape index (κ2) is 1.54. The Morgan fingerprint density at radius 1 is 1.70 bits per heavy atom. The van der Waals surface area contributed by atoms with Gasteiger partial charge in [0.05, 0.1) is 0 Å². The highest BCUT2D eigenvalue weighted by atomic mass is 16.6. The Morgan fingerprint density at radius 2 is 2.40 bits per heavy atom. The summed E-state index contributed by atoms with van der Waals surface area (Å²) in [5, 5.41) is 0. The predicted octanol–water partition coefficient (Wildman–Crippen LogP) is 1.11. The molecule has 0 N–H and O–H groups in total. The lowest BCUT2D eigenvalue weighted by Crippen LogP contribution is -2.10. The Kier molecular flexibility index (Phi) is 0.886. The van der Waals surface area contributed by atoms with Crippen LogP contribution in [0.2, 0.25) is 0 Å². The molecule has 0 saturated carbocycles. The molecule has 0 aliphatic carbocycles. The number of amides is 1. The van der Waals surface area contributed by atoms with Crippen LogP contribution in [0.15, 0.2) is 11.8 Å². The van der Waals surface area contributed by atoms with E-state index in [1.807, 2.05) is 19.9 Å². The summed E-state index contributed by atoms with van der Waals surface area (Å²) in [6, 6.07) is 0.262. The van der Waals surface area contributed by atoms with E-state index in [-0.39, 0.29) is 18.2 Å². The van der Waals surface area contributed by atoms with Crippen molar-refractivity contribution in [2.45, 2.75) is 26.0 Å². The highest BCUT2D eigenvalue weighted by molar-refractivity contribution is 5.80. The van der Waals surface area contributed by atoms with E-state index in [1.54, 1.807) is 4.90 Å². The zero-order chi connectivity index (χ0) is 7.30. The fourth-order valence-electron chi connectivity index (χ4n) is 1.49. The molecule has 2 saturated heterocycles. The average Bonchev–Trinajstić information content (AvgIpc) is 2.53. The van der Waals surface area contributed by atoms with Crippen molar-refractivity contribution in [3.8, 4) is 0 Å². The summed E-state index contributed by atoms with van der Waals surface area (Å²) in [7, 11) is 0. The van der Waals surface area contributed by atoms with E-state index in [9.17, 15) is 4.79 Å². The van der Waals surface area contributed by atoms with Crippen molar-refractivity contribution in [2.24, 2.45) is 0 Å². The Morgan fingerprint density at radius 3 is 2.70 bits per heavy atom. The first-order chi connectivity index (χ1) is 4.75. The Labute approximate surface area is 59.3 Å². The molecular weight excluding hydrogens is 130 g/mol. The van der Waals surface area contributed by atoms with E-state index in [0.717, 1.165) is 5.70 Å². The van der Waals surface area contributed by atoms with Crippen molar-refractivity contribution >= 4 is 6.09 Å². The van der Waals surface area contributed by atoms with Gasteiger partial charge in [0.1, 0.15) is 12.1 Å². The quantitative estimate of drug-likeness (QED) is 0.470. The number of allylic oxidation sites excluding steroid dienone is 1. The van der Waals surface area contributed by atoms with E-state index in [1.165, 1.54) is 0 Å². The molecule has 2 rings (SSSR count). The first-order valence-electron chi connectivity index (χ1n) is 3.41. The molecule has 1 unspecified atom stereocenters. The van der Waals surface area contributed by atoms with E-state index in [4.69, 9.17) is 4.74 Å². The van der Waals surface area contributed by atoms with Crippen molar-refractivity contribution in [1.82, 2.24) is 4.90 Å². The molecular formula is C7H9NO2. The van der Waals surface area contributed by atoms with Gasteiger partial charge in [0.25, 0.3) is 0 Å². The van der Waals surface area contributed by atoms with Crippen molar-refractivity contribution in [3.05, 3.63) is 11.8 Å². The van der Waals surface area contributed by atoms with Gasteiger partial charge in [-0.25, -0.2) is 4.79 Å². The van der Waals surface area contributed by atoms with E-state index >= 15 is 0 Å². The SMILES string of the molecule is C/C=C1\C2[C@H](C)OC(=O)N12. The maximum atomic E-state index is 10.9. The zero-order valence-electron chi connectivity index (χ0n) is 6.00. The number of carbonyl (C=O) groups excluding carboxylic acids is 1. The first kappa shape index (κ1) is 5.77. The van der Waals surface area contributed by atoms with Crippen molar-refractivity contribution in [3.63, 3.8) is 0 Å². The molecule has 0 aromatic carbocycles. The summed E-state index contributed by atoms with van der Waals surface area (Å²) >= 11 is 0. The molecule has 0 radical (unpaired) electrons. The molecule has 0 bridgehead atoms. The van der Waals surface area contributed by atoms with E-state index < -0.39 is 0 Å². The predicted molar refractivity (Wildman–Crippen MR) is 35.3 cm³/mol. The molecule has 3 nitrogen and oxygen atoms in total. The third kappa shape index (κ3) is 0.478. The lowest BCUT2D eigenvalue weighted by molar-refractivity contribution is 0.134. The van der Waals surface area contributed by atoms with Gasteiger partial charge in [0.2, 0.25) is 0 Å². The second-order valence-electron chi connectivity index (χ2n) is 2.62. The molecule has 2 fully saturated rings. The van der Waals surface area contributed by atoms with Gasteiger partial charge in [-0.05, 0) is 13.8 Å². The van der Waals surface area contributed by atoms with Gasteiger partial charge in [-0.1, -0.05) is 6.08 Å². The normalized spacial score (nSPS) is 40.0. The number of hydrogen-bond acceptors (Lipinski definition) is 2. The summed E-state index contributed by atoms with van der Waals surface area (Å²) in [6.45, 7) is 3.85. The lowest BCUT2D eigenvalue weighted by atomic mass is 10.3. The van der Waals surface area contributed by atoms with Crippen LogP contribution in [0.5, 0.6) is 0 Å². The van der Waals surface area contributed by atoms with Gasteiger partial charge in [0.15, 0.2) is 0 Å². The fourth-order valence-corrected chi connectivity index (χ4v) is 1.49. The molecule has 0 spiro atoms. The van der Waals surface area contributed by atoms with Crippen LogP contribution in [0.25, 0.3) is 0 Å². The maximum Gasteiger partial charge on any atom is 0.415 e. The van der Waals surface area contributed by atoms with Gasteiger partial charge in [-0.3, -0.25) is 4.90 Å². The molecule has 0 aromatic rings. The standard InChI is InChI=1S/C7H9NO2/c1-3-5-6-4(2)10-7(9)8(5)6/h3-4,6H,1-2H3/b5-3+/t4-,6?,8?/m0/s1. The average molecular weight is 139 g/mol. The van der Waals surface area contributed by atoms with Gasteiger partial charge in [0, 0.05) is 5.70 Å². The maximum absolute atomic E-state index is 10.9. The molecule has 10 heavy (non-hydrogen) atoms. The van der Waals surface area contributed by atoms with E-state index in [0.29, 0.717) is 0 Å². The number of carbonyl (C=O) groups is 1. The topological polar surface area (TPSA) is 29.3 Å². The number of nitrogens with zero attached hydrogens (tertiary/aromatic N) is 1. The van der Waals surface area contributed by atoms with Gasteiger partial charge < -0.3 is 4.74 Å². The van der Waals surface area contributed by atoms with E-state index in [2.05, 4.69) is 0 Å². The van der Waals surface area contributed by atoms with Crippen LogP contribution in [-0.4, -0.2) is 23.1 Å². The van der Waals surface area contributed by atoms with Crippen LogP contribution in [0.4, 0.5) is 4.79 Å². The van der Waals surface area contributed by atoms with Crippen LogP contribution in [0.3, 0.4) is 0 Å². The van der Waals surface area contributed by atoms with Crippen molar-refractivity contribution in [2.75, 3.05) is 0 Å². The number of hydrogen-bond donors (Lipinski definition) is 0. The molecule has 2 heterocycles. The summed E-state index contributed by atoms with van der Waals surface area (Å²) in [6.07, 6.45) is 1.82. The van der Waals surface area contributed by atoms with Crippen LogP contribution in [0, 0.1) is 0 Å². The highest BCUT2D eigenvalue weighted by Gasteiger charge is 2.56. The fraction of sp³-hybridized carbons (Fsp3) is 0.571. The molecule has 2 aliphatic rings. The Hall–Kier alpha value is -0.990. The Bertz CT molecular complexity index is 222. The minimum absolute atomic E-state index is 0.0544. The van der Waals surface area contributed by atoms with Gasteiger partial charge in [-0.15, -0.1) is 0 Å². The minimum Gasteiger partial charge on any atom is -0.443 e. The van der Waals surface area contributed by atoms with Gasteiger partial charge in [-0.2, -0.15) is 0 Å². The van der Waals surface area contributed by atoms with Gasteiger partial charge >= 0.3 is 6.09 Å². The number of cyclic esters (lactones) is 1. The van der Waals surface area contributed by atoms with Crippen LogP contribution in [0.1, 0.15) is 13.8 Å². The van der Waals surface area contributed by atoms with Crippen molar-refractivity contribution in [1.29, 1.82) is 0 Å². The minimum atomic E-state index is -0.189. The Balaban J connectivity index is 2.25. The van der Waals surface area contributed by atoms with Crippen LogP contribution >= 0.6 is 0 Å². The summed E-state index contributed by atoms with van der Waals surface area (Å²) < 4.78 is 4.90. The summed E-state index contributed by atoms with van der Waals surface area (Å²) in [5.41, 5.74) is 1.11. The largest absolute Gasteiger partial charge is 0.443 e. The molecule has 1 amide bonds. The van der Waals surface area contributed by atoms with Crippen LogP contribution < -0.4 is 0 Å². The highest BCUT2D eigenvalue weighted by Crippen LogP contribution is 2.42. The number of rotatable bonds is 0. The summed E-state index contributed by atoms with van der Waals surface area (Å²) in [5.74, 6) is 0. The molecule has 2 atom stereocenters. The molecule has 2 aliphatic heterocycles. The number of ether oxygens (including phenoxy) is 1.